The van der Waals surface area contributed by atoms with Gasteiger partial charge in [0.1, 0.15) is 17.5 Å². The first-order chi connectivity index (χ1) is 15.5. The van der Waals surface area contributed by atoms with E-state index in [4.69, 9.17) is 14.6 Å². The van der Waals surface area contributed by atoms with E-state index in [0.29, 0.717) is 24.6 Å². The first-order valence-electron chi connectivity index (χ1n) is 10.4. The van der Waals surface area contributed by atoms with Gasteiger partial charge in [0, 0.05) is 37.8 Å². The quantitative estimate of drug-likeness (QED) is 0.357. The molecule has 172 valence electrons. The number of β-lactam (4-membered cyclic amide) rings is 1. The fourth-order valence-corrected chi connectivity index (χ4v) is 3.90. The van der Waals surface area contributed by atoms with Gasteiger partial charge in [0.15, 0.2) is 0 Å². The minimum atomic E-state index is -1.15. The summed E-state index contributed by atoms with van der Waals surface area (Å²) in [6.45, 7) is 1.04. The van der Waals surface area contributed by atoms with Crippen LogP contribution < -0.4 is 14.8 Å². The van der Waals surface area contributed by atoms with Gasteiger partial charge in [0.25, 0.3) is 0 Å². The second-order valence-corrected chi connectivity index (χ2v) is 7.48. The number of hydrogen-bond donors (Lipinski definition) is 3. The zero-order valence-electron chi connectivity index (χ0n) is 18.2. The first-order valence-corrected chi connectivity index (χ1v) is 10.4. The van der Waals surface area contributed by atoms with E-state index in [1.54, 1.807) is 31.3 Å². The summed E-state index contributed by atoms with van der Waals surface area (Å²) in [6, 6.07) is 13.3. The number of hydrogen-bond acceptors (Lipinski definition) is 6. The van der Waals surface area contributed by atoms with E-state index in [1.807, 2.05) is 36.4 Å². The van der Waals surface area contributed by atoms with Crippen molar-refractivity contribution in [3.05, 3.63) is 59.7 Å². The maximum atomic E-state index is 13.1. The minimum Gasteiger partial charge on any atom is -0.497 e. The second kappa shape index (κ2) is 10.8. The first kappa shape index (κ1) is 23.4. The largest absolute Gasteiger partial charge is 0.497 e. The average molecular weight is 444 g/mol. The molecular formula is C23H29N3O6. The lowest BCUT2D eigenvalue weighted by Gasteiger charge is -2.50. The summed E-state index contributed by atoms with van der Waals surface area (Å²) < 4.78 is 10.7. The molecule has 2 aromatic rings. The van der Waals surface area contributed by atoms with Gasteiger partial charge in [-0.1, -0.05) is 30.3 Å². The molecule has 0 bridgehead atoms. The van der Waals surface area contributed by atoms with E-state index >= 15 is 0 Å². The molecule has 0 aromatic heterocycles. The van der Waals surface area contributed by atoms with Gasteiger partial charge in [-0.15, -0.1) is 0 Å². The molecule has 2 aromatic carbocycles. The molecular weight excluding hydrogens is 414 g/mol. The Hall–Kier alpha value is -3.30. The van der Waals surface area contributed by atoms with E-state index < -0.39 is 12.1 Å². The SMILES string of the molecule is COc1ccc(CN2C(=O)[C@@H](N(Cc3ccccc3)C(=O)O)[C@@H]2CNCCO)c(OC)c1. The minimum absolute atomic E-state index is 0.0513. The molecule has 1 heterocycles. The highest BCUT2D eigenvalue weighted by Gasteiger charge is 2.51. The third kappa shape index (κ3) is 5.12. The van der Waals surface area contributed by atoms with Gasteiger partial charge in [-0.2, -0.15) is 0 Å². The Morgan fingerprint density at radius 1 is 1.16 bits per heavy atom. The summed E-state index contributed by atoms with van der Waals surface area (Å²) in [6.07, 6.45) is -1.15. The predicted molar refractivity (Wildman–Crippen MR) is 118 cm³/mol. The number of aliphatic hydroxyl groups excluding tert-OH is 1. The molecule has 0 saturated carbocycles. The molecule has 3 N–H and O–H groups in total. The molecule has 0 aliphatic carbocycles. The summed E-state index contributed by atoms with van der Waals surface area (Å²) in [7, 11) is 3.11. The number of carboxylic acid groups (broad SMARTS) is 1. The van der Waals surface area contributed by atoms with Crippen LogP contribution in [0.2, 0.25) is 0 Å². The van der Waals surface area contributed by atoms with E-state index in [2.05, 4.69) is 5.32 Å². The van der Waals surface area contributed by atoms with Crippen molar-refractivity contribution in [2.24, 2.45) is 0 Å². The van der Waals surface area contributed by atoms with Crippen LogP contribution in [0.4, 0.5) is 4.79 Å². The third-order valence-electron chi connectivity index (χ3n) is 5.56. The fraction of sp³-hybridized carbons (Fsp3) is 0.391. The molecule has 2 amide bonds. The highest BCUT2D eigenvalue weighted by molar-refractivity contribution is 5.92. The standard InChI is InChI=1S/C23H29N3O6/c1-31-18-9-8-17(20(12-18)32-2)15-25-19(13-24-10-11-27)21(22(25)28)26(23(29)30)14-16-6-4-3-5-7-16/h3-9,12,19,21,24,27H,10-11,13-15H2,1-2H3,(H,29,30)/t19-,21-/m0/s1. The Labute approximate surface area is 187 Å². The van der Waals surface area contributed by atoms with Crippen molar-refractivity contribution in [2.75, 3.05) is 33.9 Å². The number of methoxy groups -OCH3 is 2. The van der Waals surface area contributed by atoms with E-state index in [-0.39, 0.29) is 31.6 Å². The van der Waals surface area contributed by atoms with Crippen molar-refractivity contribution in [1.29, 1.82) is 0 Å². The normalized spacial score (nSPS) is 17.6. The molecule has 9 heteroatoms. The van der Waals surface area contributed by atoms with Crippen molar-refractivity contribution in [3.8, 4) is 11.5 Å². The number of amides is 2. The number of carbonyl (C=O) groups excluding carboxylic acids is 1. The lowest BCUT2D eigenvalue weighted by atomic mass is 9.91. The van der Waals surface area contributed by atoms with Crippen molar-refractivity contribution in [2.45, 2.75) is 25.2 Å². The van der Waals surface area contributed by atoms with Crippen LogP contribution in [0.5, 0.6) is 11.5 Å². The molecule has 0 radical (unpaired) electrons. The molecule has 1 fully saturated rings. The van der Waals surface area contributed by atoms with Crippen molar-refractivity contribution >= 4 is 12.0 Å². The lowest BCUT2D eigenvalue weighted by molar-refractivity contribution is -0.159. The van der Waals surface area contributed by atoms with E-state index in [0.717, 1.165) is 11.1 Å². The number of aliphatic hydroxyl groups is 1. The molecule has 1 aliphatic rings. The number of nitrogens with one attached hydrogen (secondary N) is 1. The highest BCUT2D eigenvalue weighted by atomic mass is 16.5. The zero-order valence-corrected chi connectivity index (χ0v) is 18.2. The van der Waals surface area contributed by atoms with Crippen LogP contribution in [-0.2, 0) is 17.9 Å². The van der Waals surface area contributed by atoms with Crippen LogP contribution in [0.1, 0.15) is 11.1 Å². The summed E-state index contributed by atoms with van der Waals surface area (Å²) in [5.41, 5.74) is 1.59. The van der Waals surface area contributed by atoms with Gasteiger partial charge in [0.05, 0.1) is 26.9 Å². The Morgan fingerprint density at radius 2 is 1.91 bits per heavy atom. The highest BCUT2D eigenvalue weighted by Crippen LogP contribution is 2.32. The Balaban J connectivity index is 1.83. The zero-order chi connectivity index (χ0) is 23.1. The smallest absolute Gasteiger partial charge is 0.408 e. The van der Waals surface area contributed by atoms with Gasteiger partial charge in [0.2, 0.25) is 5.91 Å². The van der Waals surface area contributed by atoms with Gasteiger partial charge in [-0.25, -0.2) is 4.79 Å². The van der Waals surface area contributed by atoms with Gasteiger partial charge in [-0.3, -0.25) is 9.69 Å². The van der Waals surface area contributed by atoms with Crippen molar-refractivity contribution < 1.29 is 29.3 Å². The van der Waals surface area contributed by atoms with Gasteiger partial charge in [-0.05, 0) is 17.7 Å². The maximum Gasteiger partial charge on any atom is 0.408 e. The second-order valence-electron chi connectivity index (χ2n) is 7.48. The van der Waals surface area contributed by atoms with E-state index in [9.17, 15) is 14.7 Å². The molecule has 3 rings (SSSR count). The van der Waals surface area contributed by atoms with Gasteiger partial charge >= 0.3 is 6.09 Å². The summed E-state index contributed by atoms with van der Waals surface area (Å²) in [5, 5.41) is 22.1. The van der Waals surface area contributed by atoms with Crippen LogP contribution in [0.3, 0.4) is 0 Å². The topological polar surface area (TPSA) is 112 Å². The summed E-state index contributed by atoms with van der Waals surface area (Å²) in [5.74, 6) is 0.957. The fourth-order valence-electron chi connectivity index (χ4n) is 3.90. The van der Waals surface area contributed by atoms with Crippen LogP contribution >= 0.6 is 0 Å². The number of carbonyl (C=O) groups is 2. The average Bonchev–Trinajstić information content (AvgIpc) is 2.81. The third-order valence-corrected chi connectivity index (χ3v) is 5.56. The van der Waals surface area contributed by atoms with Crippen LogP contribution in [0, 0.1) is 0 Å². The number of rotatable bonds is 11. The molecule has 9 nitrogen and oxygen atoms in total. The lowest BCUT2D eigenvalue weighted by Crippen LogP contribution is -2.73. The molecule has 1 aliphatic heterocycles. The monoisotopic (exact) mass is 443 g/mol. The van der Waals surface area contributed by atoms with Crippen LogP contribution in [0.25, 0.3) is 0 Å². The molecule has 0 unspecified atom stereocenters. The molecule has 2 atom stereocenters. The number of benzene rings is 2. The number of nitrogens with zero attached hydrogens (tertiary/aromatic N) is 2. The number of likely N-dealkylation sites (tertiary alicyclic amines) is 1. The maximum absolute atomic E-state index is 13.1. The molecule has 0 spiro atoms. The van der Waals surface area contributed by atoms with Gasteiger partial charge < -0.3 is 29.9 Å². The number of ether oxygens (including phenoxy) is 2. The Kier molecular flexibility index (Phi) is 7.91. The Morgan fingerprint density at radius 3 is 2.53 bits per heavy atom. The molecule has 1 saturated heterocycles. The summed E-state index contributed by atoms with van der Waals surface area (Å²) >= 11 is 0. The predicted octanol–water partition coefficient (Wildman–Crippen LogP) is 1.55. The van der Waals surface area contributed by atoms with E-state index in [1.165, 1.54) is 4.90 Å². The van der Waals surface area contributed by atoms with Crippen molar-refractivity contribution in [1.82, 2.24) is 15.1 Å². The Bertz CT molecular complexity index is 923. The summed E-state index contributed by atoms with van der Waals surface area (Å²) in [4.78, 5) is 28.0. The van der Waals surface area contributed by atoms with Crippen LogP contribution in [0.15, 0.2) is 48.5 Å². The van der Waals surface area contributed by atoms with Crippen molar-refractivity contribution in [3.63, 3.8) is 0 Å². The van der Waals surface area contributed by atoms with Crippen LogP contribution in [-0.4, -0.2) is 78.0 Å². The molecule has 32 heavy (non-hydrogen) atoms.